The molecule has 0 fully saturated rings. The second-order valence-electron chi connectivity index (χ2n) is 1.06. The number of hydrogen-bond donors (Lipinski definition) is 0. The molecule has 0 aliphatic carbocycles. The Labute approximate surface area is 40.2 Å². The molecule has 0 rings (SSSR count). The fraction of sp³-hybridized carbons (Fsp3) is 0.200. The highest BCUT2D eigenvalue weighted by molar-refractivity contribution is 6.74. The van der Waals surface area contributed by atoms with Crippen molar-refractivity contribution in [2.75, 3.05) is 0 Å². The van der Waals surface area contributed by atoms with E-state index in [2.05, 4.69) is 11.1 Å². The predicted octanol–water partition coefficient (Wildman–Crippen LogP) is 0.188. The van der Waals surface area contributed by atoms with Crippen molar-refractivity contribution >= 4 is 8.80 Å². The minimum Gasteiger partial charge on any atom is -0.126 e. The molecule has 0 aliphatic rings. The highest BCUT2D eigenvalue weighted by atomic mass is 28.3. The van der Waals surface area contributed by atoms with E-state index in [-0.39, 0.29) is 0 Å². The molecule has 0 nitrogen and oxygen atoms in total. The summed E-state index contributed by atoms with van der Waals surface area (Å²) in [5.41, 5.74) is 5.03. The van der Waals surface area contributed by atoms with Gasteiger partial charge in [-0.1, -0.05) is 6.55 Å². The lowest BCUT2D eigenvalue weighted by atomic mass is 11.4. The van der Waals surface area contributed by atoms with Crippen molar-refractivity contribution in [2.24, 2.45) is 0 Å². The first-order chi connectivity index (χ1) is 2.81. The average Bonchev–Trinajstić information content (AvgIpc) is 1.65. The fourth-order valence-electron chi connectivity index (χ4n) is 0.0481. The number of rotatable bonds is 0. The Morgan fingerprint density at radius 1 is 1.33 bits per heavy atom. The predicted molar refractivity (Wildman–Crippen MR) is 30.7 cm³/mol. The third kappa shape index (κ3) is 1.64. The number of hydrogen-bond acceptors (Lipinski definition) is 0. The van der Waals surface area contributed by atoms with E-state index in [1.54, 1.807) is 0 Å². The van der Waals surface area contributed by atoms with Gasteiger partial charge >= 0.3 is 0 Å². The summed E-state index contributed by atoms with van der Waals surface area (Å²) in [6, 6.07) is 0. The second kappa shape index (κ2) is 2.57. The van der Waals surface area contributed by atoms with E-state index >= 15 is 0 Å². The third-order valence-electron chi connectivity index (χ3n) is 0.500. The van der Waals surface area contributed by atoms with E-state index in [4.69, 9.17) is 12.8 Å². The molecule has 1 heteroatoms. The summed E-state index contributed by atoms with van der Waals surface area (Å²) in [5.74, 6) is 0. The van der Waals surface area contributed by atoms with Crippen molar-refractivity contribution in [1.82, 2.24) is 0 Å². The summed E-state index contributed by atoms with van der Waals surface area (Å²) in [7, 11) is -1.10. The zero-order valence-corrected chi connectivity index (χ0v) is 4.89. The van der Waals surface area contributed by atoms with Crippen molar-refractivity contribution in [3.05, 3.63) is 0 Å². The maximum atomic E-state index is 4.95. The van der Waals surface area contributed by atoms with E-state index in [0.717, 1.165) is 0 Å². The van der Waals surface area contributed by atoms with Gasteiger partial charge in [0.15, 0.2) is 8.80 Å². The molecule has 0 saturated carbocycles. The molecular formula is C5H6Si. The van der Waals surface area contributed by atoms with Gasteiger partial charge in [-0.3, -0.25) is 0 Å². The van der Waals surface area contributed by atoms with Crippen LogP contribution in [0.25, 0.3) is 0 Å². The minimum absolute atomic E-state index is 1.10. The van der Waals surface area contributed by atoms with Gasteiger partial charge in [-0.25, -0.2) is 0 Å². The Kier molecular flexibility index (Phi) is 2.28. The molecule has 0 radical (unpaired) electrons. The third-order valence-corrected chi connectivity index (χ3v) is 1.50. The van der Waals surface area contributed by atoms with Crippen molar-refractivity contribution in [1.29, 1.82) is 0 Å². The molecule has 0 atom stereocenters. The standard InChI is InChI=1S/C5H6Si/c1-4-6(3)5-2/h1-2,6H,3H3. The minimum atomic E-state index is -1.10. The summed E-state index contributed by atoms with van der Waals surface area (Å²) >= 11 is 0. The summed E-state index contributed by atoms with van der Waals surface area (Å²) in [6.07, 6.45) is 9.90. The molecule has 0 aliphatic heterocycles. The quantitative estimate of drug-likeness (QED) is 0.297. The summed E-state index contributed by atoms with van der Waals surface area (Å²) in [4.78, 5) is 0. The Hall–Kier alpha value is -0.663. The monoisotopic (exact) mass is 94.0 g/mol. The molecule has 0 N–H and O–H groups in total. The molecule has 0 saturated heterocycles. The van der Waals surface area contributed by atoms with Crippen LogP contribution in [0.3, 0.4) is 0 Å². The molecule has 0 spiro atoms. The Balaban J connectivity index is 3.40. The topological polar surface area (TPSA) is 0 Å². The van der Waals surface area contributed by atoms with Gasteiger partial charge in [0.05, 0.1) is 0 Å². The molecule has 0 aromatic rings. The summed E-state index contributed by atoms with van der Waals surface area (Å²) in [6.45, 7) is 1.94. The van der Waals surface area contributed by atoms with Gasteiger partial charge in [-0.2, -0.15) is 0 Å². The second-order valence-corrected chi connectivity index (χ2v) is 3.17. The van der Waals surface area contributed by atoms with Crippen LogP contribution in [-0.2, 0) is 0 Å². The van der Waals surface area contributed by atoms with Crippen LogP contribution in [0.2, 0.25) is 6.55 Å². The first-order valence-electron chi connectivity index (χ1n) is 1.73. The van der Waals surface area contributed by atoms with Crippen molar-refractivity contribution < 1.29 is 0 Å². The van der Waals surface area contributed by atoms with Crippen molar-refractivity contribution in [2.45, 2.75) is 6.55 Å². The Morgan fingerprint density at radius 3 is 1.67 bits per heavy atom. The van der Waals surface area contributed by atoms with Crippen molar-refractivity contribution in [3.63, 3.8) is 0 Å². The van der Waals surface area contributed by atoms with Crippen LogP contribution in [0, 0.1) is 23.9 Å². The van der Waals surface area contributed by atoms with Crippen LogP contribution in [0.4, 0.5) is 0 Å². The highest BCUT2D eigenvalue weighted by Crippen LogP contribution is 1.67. The summed E-state index contributed by atoms with van der Waals surface area (Å²) in [5, 5.41) is 0. The first-order valence-corrected chi connectivity index (χ1v) is 4.04. The van der Waals surface area contributed by atoms with Crippen LogP contribution in [-0.4, -0.2) is 8.80 Å². The Bertz CT molecular complexity index is 88.1. The zero-order valence-electron chi connectivity index (χ0n) is 3.73. The largest absolute Gasteiger partial charge is 0.198 e. The molecule has 6 heavy (non-hydrogen) atoms. The van der Waals surface area contributed by atoms with Crippen LogP contribution in [0.1, 0.15) is 0 Å². The van der Waals surface area contributed by atoms with Crippen molar-refractivity contribution in [3.8, 4) is 23.9 Å². The number of terminal acetylenes is 2. The van der Waals surface area contributed by atoms with E-state index in [1.165, 1.54) is 0 Å². The van der Waals surface area contributed by atoms with Crippen LogP contribution in [0.15, 0.2) is 0 Å². The maximum Gasteiger partial charge on any atom is 0.198 e. The fourth-order valence-corrected chi connectivity index (χ4v) is 0.144. The normalized spacial score (nSPS) is 6.67. The van der Waals surface area contributed by atoms with Gasteiger partial charge in [0.2, 0.25) is 0 Å². The van der Waals surface area contributed by atoms with Gasteiger partial charge < -0.3 is 0 Å². The van der Waals surface area contributed by atoms with E-state index in [0.29, 0.717) is 0 Å². The molecule has 0 aromatic heterocycles. The highest BCUT2D eigenvalue weighted by Gasteiger charge is 1.84. The van der Waals surface area contributed by atoms with E-state index < -0.39 is 8.80 Å². The van der Waals surface area contributed by atoms with E-state index in [1.807, 2.05) is 6.55 Å². The SMILES string of the molecule is C#C[SiH](C)C#C. The first kappa shape index (κ1) is 5.34. The lowest BCUT2D eigenvalue weighted by Gasteiger charge is -1.77. The van der Waals surface area contributed by atoms with Crippen LogP contribution < -0.4 is 0 Å². The van der Waals surface area contributed by atoms with Crippen LogP contribution in [0.5, 0.6) is 0 Å². The van der Waals surface area contributed by atoms with Gasteiger partial charge in [0.25, 0.3) is 0 Å². The molecular weight excluding hydrogens is 88.1 g/mol. The molecule has 0 heterocycles. The molecule has 0 unspecified atom stereocenters. The lowest BCUT2D eigenvalue weighted by Crippen LogP contribution is -1.96. The molecule has 0 aromatic carbocycles. The molecule has 0 amide bonds. The average molecular weight is 94.2 g/mol. The summed E-state index contributed by atoms with van der Waals surface area (Å²) < 4.78 is 0. The van der Waals surface area contributed by atoms with E-state index in [9.17, 15) is 0 Å². The lowest BCUT2D eigenvalue weighted by molar-refractivity contribution is 2.23. The van der Waals surface area contributed by atoms with Gasteiger partial charge in [0.1, 0.15) is 0 Å². The smallest absolute Gasteiger partial charge is 0.126 e. The Morgan fingerprint density at radius 2 is 1.67 bits per heavy atom. The van der Waals surface area contributed by atoms with Gasteiger partial charge in [-0.15, -0.1) is 23.9 Å². The molecule has 0 bridgehead atoms. The molecule has 30 valence electrons. The van der Waals surface area contributed by atoms with Gasteiger partial charge in [0, 0.05) is 0 Å². The van der Waals surface area contributed by atoms with Crippen LogP contribution >= 0.6 is 0 Å². The van der Waals surface area contributed by atoms with Gasteiger partial charge in [-0.05, 0) is 0 Å². The zero-order chi connectivity index (χ0) is 4.99. The maximum absolute atomic E-state index is 4.95.